The number of rotatable bonds is 8. The SMILES string of the molecule is CC(=O)Nc1nc(CCc2ccc(N=C(N)N)cc2)c(C(=O)NCc2ccccc2)s1.Cl. The molecule has 1 heterocycles. The number of aromatic nitrogens is 1. The first-order valence-electron chi connectivity index (χ1n) is 9.68. The average Bonchev–Trinajstić information content (AvgIpc) is 3.14. The molecule has 0 atom stereocenters. The lowest BCUT2D eigenvalue weighted by Crippen LogP contribution is -2.23. The van der Waals surface area contributed by atoms with E-state index in [1.54, 1.807) is 0 Å². The minimum atomic E-state index is -0.230. The molecular formula is C22H25ClN6O2S. The van der Waals surface area contributed by atoms with Gasteiger partial charge in [0.05, 0.1) is 11.4 Å². The number of benzene rings is 2. The summed E-state index contributed by atoms with van der Waals surface area (Å²) in [6, 6.07) is 17.2. The predicted molar refractivity (Wildman–Crippen MR) is 131 cm³/mol. The second-order valence-electron chi connectivity index (χ2n) is 6.85. The summed E-state index contributed by atoms with van der Waals surface area (Å²) in [6.07, 6.45) is 1.22. The highest BCUT2D eigenvalue weighted by atomic mass is 35.5. The molecule has 0 saturated heterocycles. The first-order chi connectivity index (χ1) is 14.9. The van der Waals surface area contributed by atoms with Gasteiger partial charge in [-0.25, -0.2) is 9.98 Å². The minimum absolute atomic E-state index is 0. The second-order valence-corrected chi connectivity index (χ2v) is 7.85. The number of carbonyl (C=O) groups excluding carboxylic acids is 2. The van der Waals surface area contributed by atoms with Gasteiger partial charge in [-0.3, -0.25) is 9.59 Å². The number of nitrogens with one attached hydrogen (secondary N) is 2. The monoisotopic (exact) mass is 472 g/mol. The number of thiazole rings is 1. The van der Waals surface area contributed by atoms with Gasteiger partial charge in [0.2, 0.25) is 5.91 Å². The van der Waals surface area contributed by atoms with Crippen molar-refractivity contribution in [3.8, 4) is 0 Å². The van der Waals surface area contributed by atoms with E-state index in [0.29, 0.717) is 40.8 Å². The van der Waals surface area contributed by atoms with Crippen molar-refractivity contribution in [2.45, 2.75) is 26.3 Å². The Morgan fingerprint density at radius 2 is 1.69 bits per heavy atom. The molecule has 2 aromatic carbocycles. The van der Waals surface area contributed by atoms with Crippen LogP contribution in [0, 0.1) is 0 Å². The van der Waals surface area contributed by atoms with Gasteiger partial charge in [0, 0.05) is 13.5 Å². The van der Waals surface area contributed by atoms with Crippen molar-refractivity contribution in [3.63, 3.8) is 0 Å². The zero-order valence-corrected chi connectivity index (χ0v) is 19.1. The molecule has 10 heteroatoms. The fraction of sp³-hybridized carbons (Fsp3) is 0.182. The van der Waals surface area contributed by atoms with Gasteiger partial charge in [-0.05, 0) is 36.1 Å². The van der Waals surface area contributed by atoms with Crippen molar-refractivity contribution in [1.82, 2.24) is 10.3 Å². The lowest BCUT2D eigenvalue weighted by atomic mass is 10.1. The third-order valence-corrected chi connectivity index (χ3v) is 5.34. The zero-order valence-electron chi connectivity index (χ0n) is 17.5. The Balaban J connectivity index is 0.00000363. The predicted octanol–water partition coefficient (Wildman–Crippen LogP) is 3.14. The van der Waals surface area contributed by atoms with Gasteiger partial charge < -0.3 is 22.1 Å². The van der Waals surface area contributed by atoms with E-state index in [9.17, 15) is 9.59 Å². The van der Waals surface area contributed by atoms with Crippen LogP contribution in [0.5, 0.6) is 0 Å². The molecule has 0 aliphatic carbocycles. The van der Waals surface area contributed by atoms with Gasteiger partial charge in [0.25, 0.3) is 5.91 Å². The molecule has 6 N–H and O–H groups in total. The number of amides is 2. The first-order valence-corrected chi connectivity index (χ1v) is 10.5. The van der Waals surface area contributed by atoms with E-state index in [-0.39, 0.29) is 30.2 Å². The summed E-state index contributed by atoms with van der Waals surface area (Å²) in [6.45, 7) is 1.83. The van der Waals surface area contributed by atoms with Crippen molar-refractivity contribution >= 4 is 52.3 Å². The number of nitrogens with two attached hydrogens (primary N) is 2. The van der Waals surface area contributed by atoms with Crippen LogP contribution in [0.3, 0.4) is 0 Å². The van der Waals surface area contributed by atoms with Gasteiger partial charge in [-0.2, -0.15) is 0 Å². The number of aliphatic imine (C=N–C) groups is 1. The van der Waals surface area contributed by atoms with Gasteiger partial charge >= 0.3 is 0 Å². The Bertz CT molecular complexity index is 1080. The Morgan fingerprint density at radius 1 is 1.00 bits per heavy atom. The molecule has 0 aliphatic rings. The van der Waals surface area contributed by atoms with E-state index < -0.39 is 0 Å². The smallest absolute Gasteiger partial charge is 0.263 e. The first kappa shape index (κ1) is 24.8. The molecule has 2 amide bonds. The average molecular weight is 473 g/mol. The molecule has 0 radical (unpaired) electrons. The van der Waals surface area contributed by atoms with Crippen molar-refractivity contribution in [2.75, 3.05) is 5.32 Å². The van der Waals surface area contributed by atoms with E-state index in [1.165, 1.54) is 18.3 Å². The number of carbonyl (C=O) groups is 2. The standard InChI is InChI=1S/C22H24N6O2S.ClH/c1-14(29)26-22-28-18(12-9-15-7-10-17(11-8-15)27-21(23)24)19(31-22)20(30)25-13-16-5-3-2-4-6-16;/h2-8,10-11H,9,12-13H2,1H3,(H,25,30)(H4,23,24,27)(H,26,28,29);1H. The maximum absolute atomic E-state index is 12.8. The molecule has 0 spiro atoms. The van der Waals surface area contributed by atoms with Gasteiger partial charge in [0.1, 0.15) is 4.88 Å². The minimum Gasteiger partial charge on any atom is -0.370 e. The Kier molecular flexibility index (Phi) is 9.18. The van der Waals surface area contributed by atoms with E-state index in [1.807, 2.05) is 54.6 Å². The number of anilines is 1. The molecule has 1 aromatic heterocycles. The fourth-order valence-corrected chi connectivity index (χ4v) is 3.88. The molecule has 0 bridgehead atoms. The van der Waals surface area contributed by atoms with Crippen LogP contribution in [0.2, 0.25) is 0 Å². The largest absolute Gasteiger partial charge is 0.370 e. The number of guanidine groups is 1. The van der Waals surface area contributed by atoms with Crippen LogP contribution in [-0.2, 0) is 24.2 Å². The lowest BCUT2D eigenvalue weighted by Gasteiger charge is -2.06. The summed E-state index contributed by atoms with van der Waals surface area (Å²) < 4.78 is 0. The van der Waals surface area contributed by atoms with Crippen LogP contribution in [0.4, 0.5) is 10.8 Å². The third-order valence-electron chi connectivity index (χ3n) is 4.33. The van der Waals surface area contributed by atoms with Crippen LogP contribution < -0.4 is 22.1 Å². The Hall–Kier alpha value is -3.43. The molecule has 0 fully saturated rings. The molecule has 0 aliphatic heterocycles. The van der Waals surface area contributed by atoms with Crippen LogP contribution >= 0.6 is 23.7 Å². The number of halogens is 1. The number of aryl methyl sites for hydroxylation is 2. The van der Waals surface area contributed by atoms with Crippen LogP contribution in [0.1, 0.15) is 33.4 Å². The number of hydrogen-bond donors (Lipinski definition) is 4. The van der Waals surface area contributed by atoms with Gasteiger partial charge in [-0.1, -0.05) is 53.8 Å². The number of hydrogen-bond acceptors (Lipinski definition) is 5. The van der Waals surface area contributed by atoms with Gasteiger partial charge in [0.15, 0.2) is 11.1 Å². The normalized spacial score (nSPS) is 10.0. The molecule has 32 heavy (non-hydrogen) atoms. The molecular weight excluding hydrogens is 448 g/mol. The zero-order chi connectivity index (χ0) is 22.2. The Morgan fingerprint density at radius 3 is 2.31 bits per heavy atom. The fourth-order valence-electron chi connectivity index (χ4n) is 2.91. The topological polar surface area (TPSA) is 135 Å². The van der Waals surface area contributed by atoms with E-state index >= 15 is 0 Å². The Labute approximate surface area is 196 Å². The van der Waals surface area contributed by atoms with Crippen molar-refractivity contribution in [2.24, 2.45) is 16.5 Å². The highest BCUT2D eigenvalue weighted by Gasteiger charge is 2.18. The summed E-state index contributed by atoms with van der Waals surface area (Å²) in [5, 5.41) is 6.01. The summed E-state index contributed by atoms with van der Waals surface area (Å²) in [5.41, 5.74) is 14.2. The third kappa shape index (κ3) is 7.36. The quantitative estimate of drug-likeness (QED) is 0.295. The summed E-state index contributed by atoms with van der Waals surface area (Å²) >= 11 is 1.17. The molecule has 168 valence electrons. The van der Waals surface area contributed by atoms with Crippen LogP contribution in [0.25, 0.3) is 0 Å². The lowest BCUT2D eigenvalue weighted by molar-refractivity contribution is -0.114. The van der Waals surface area contributed by atoms with E-state index in [0.717, 1.165) is 11.1 Å². The molecule has 0 saturated carbocycles. The summed E-state index contributed by atoms with van der Waals surface area (Å²) in [4.78, 5) is 33.2. The molecule has 3 aromatic rings. The van der Waals surface area contributed by atoms with Crippen molar-refractivity contribution < 1.29 is 9.59 Å². The maximum atomic E-state index is 12.8. The highest BCUT2D eigenvalue weighted by molar-refractivity contribution is 7.17. The van der Waals surface area contributed by atoms with Crippen molar-refractivity contribution in [3.05, 3.63) is 76.3 Å². The summed E-state index contributed by atoms with van der Waals surface area (Å²) in [5.74, 6) is -0.435. The molecule has 3 rings (SSSR count). The highest BCUT2D eigenvalue weighted by Crippen LogP contribution is 2.25. The molecule has 0 unspecified atom stereocenters. The van der Waals surface area contributed by atoms with Gasteiger partial charge in [-0.15, -0.1) is 12.4 Å². The summed E-state index contributed by atoms with van der Waals surface area (Å²) in [7, 11) is 0. The second kappa shape index (κ2) is 11.8. The van der Waals surface area contributed by atoms with E-state index in [2.05, 4.69) is 20.6 Å². The van der Waals surface area contributed by atoms with E-state index in [4.69, 9.17) is 11.5 Å². The maximum Gasteiger partial charge on any atom is 0.263 e. The van der Waals surface area contributed by atoms with Crippen LogP contribution in [0.15, 0.2) is 59.6 Å². The molecule has 8 nitrogen and oxygen atoms in total. The van der Waals surface area contributed by atoms with Crippen molar-refractivity contribution in [1.29, 1.82) is 0 Å². The van der Waals surface area contributed by atoms with Crippen LogP contribution in [-0.4, -0.2) is 22.8 Å². The number of nitrogens with zero attached hydrogens (tertiary/aromatic N) is 2.